The third kappa shape index (κ3) is 3.77. The molecule has 2 unspecified atom stereocenters. The quantitative estimate of drug-likeness (QED) is 0.740. The molecule has 0 bridgehead atoms. The maximum atomic E-state index is 13.1. The summed E-state index contributed by atoms with van der Waals surface area (Å²) in [7, 11) is 3.22. The van der Waals surface area contributed by atoms with E-state index in [4.69, 9.17) is 23.7 Å². The molecule has 2 aromatic rings. The van der Waals surface area contributed by atoms with Gasteiger partial charge in [-0.05, 0) is 49.6 Å². The Morgan fingerprint density at radius 1 is 1.07 bits per heavy atom. The highest BCUT2D eigenvalue weighted by Crippen LogP contribution is 2.38. The molecule has 2 atom stereocenters. The van der Waals surface area contributed by atoms with Gasteiger partial charge in [-0.2, -0.15) is 0 Å². The Morgan fingerprint density at radius 3 is 2.66 bits per heavy atom. The van der Waals surface area contributed by atoms with Gasteiger partial charge < -0.3 is 28.6 Å². The number of amides is 1. The first kappa shape index (κ1) is 19.2. The monoisotopic (exact) mass is 399 g/mol. The van der Waals surface area contributed by atoms with E-state index in [1.54, 1.807) is 39.3 Å². The molecule has 0 aliphatic carbocycles. The zero-order chi connectivity index (χ0) is 20.4. The molecule has 0 aromatic heterocycles. The number of methoxy groups -OCH3 is 2. The van der Waals surface area contributed by atoms with Crippen LogP contribution >= 0.6 is 0 Å². The van der Waals surface area contributed by atoms with Gasteiger partial charge in [0, 0.05) is 12.6 Å². The van der Waals surface area contributed by atoms with Gasteiger partial charge in [0.05, 0.1) is 20.3 Å². The van der Waals surface area contributed by atoms with Crippen molar-refractivity contribution >= 4 is 5.91 Å². The van der Waals surface area contributed by atoms with Crippen molar-refractivity contribution in [3.8, 4) is 28.7 Å². The maximum Gasteiger partial charge on any atom is 0.263 e. The SMILES string of the molecule is COc1ccc(C2CCCN2C(=O)C(C)Oc2ccc3c(c2)OCO3)cc1OC. The number of likely N-dealkylation sites (tertiary alicyclic amines) is 1. The van der Waals surface area contributed by atoms with Crippen molar-refractivity contribution in [2.45, 2.75) is 31.9 Å². The molecule has 0 radical (unpaired) electrons. The fraction of sp³-hybridized carbons (Fsp3) is 0.409. The normalized spacial score (nSPS) is 18.4. The van der Waals surface area contributed by atoms with Gasteiger partial charge in [-0.15, -0.1) is 0 Å². The van der Waals surface area contributed by atoms with Gasteiger partial charge in [-0.25, -0.2) is 0 Å². The number of hydrogen-bond acceptors (Lipinski definition) is 6. The Bertz CT molecular complexity index is 899. The number of benzene rings is 2. The van der Waals surface area contributed by atoms with Crippen LogP contribution in [0.3, 0.4) is 0 Å². The molecule has 29 heavy (non-hydrogen) atoms. The second kappa shape index (κ2) is 8.11. The molecule has 2 aromatic carbocycles. The Hall–Kier alpha value is -3.09. The lowest BCUT2D eigenvalue weighted by Gasteiger charge is -2.28. The van der Waals surface area contributed by atoms with Crippen LogP contribution in [0.5, 0.6) is 28.7 Å². The van der Waals surface area contributed by atoms with Crippen LogP contribution in [0.25, 0.3) is 0 Å². The fourth-order valence-electron chi connectivity index (χ4n) is 3.88. The first-order chi connectivity index (χ1) is 14.1. The fourth-order valence-corrected chi connectivity index (χ4v) is 3.88. The molecule has 1 fully saturated rings. The zero-order valence-electron chi connectivity index (χ0n) is 16.8. The molecule has 1 amide bonds. The van der Waals surface area contributed by atoms with Crippen LogP contribution in [0.15, 0.2) is 36.4 Å². The van der Waals surface area contributed by atoms with Crippen LogP contribution < -0.4 is 23.7 Å². The van der Waals surface area contributed by atoms with Crippen molar-refractivity contribution in [2.75, 3.05) is 27.6 Å². The predicted octanol–water partition coefficient (Wildman–Crippen LogP) is 3.56. The standard InChI is InChI=1S/C22H25NO6/c1-14(29-16-7-9-19-21(12-16)28-13-27-19)22(24)23-10-4-5-17(23)15-6-8-18(25-2)20(11-15)26-3/h6-9,11-12,14,17H,4-5,10,13H2,1-3H3. The van der Waals surface area contributed by atoms with E-state index in [9.17, 15) is 4.79 Å². The lowest BCUT2D eigenvalue weighted by Crippen LogP contribution is -2.40. The summed E-state index contributed by atoms with van der Waals surface area (Å²) in [5.74, 6) is 3.19. The summed E-state index contributed by atoms with van der Waals surface area (Å²) >= 11 is 0. The van der Waals surface area contributed by atoms with Crippen molar-refractivity contribution in [2.24, 2.45) is 0 Å². The van der Waals surface area contributed by atoms with Gasteiger partial charge in [0.2, 0.25) is 6.79 Å². The van der Waals surface area contributed by atoms with Crippen LogP contribution in [0.2, 0.25) is 0 Å². The highest BCUT2D eigenvalue weighted by atomic mass is 16.7. The Balaban J connectivity index is 1.48. The van der Waals surface area contributed by atoms with Gasteiger partial charge in [0.1, 0.15) is 5.75 Å². The first-order valence-corrected chi connectivity index (χ1v) is 9.69. The molecule has 2 aliphatic rings. The lowest BCUT2D eigenvalue weighted by molar-refractivity contribution is -0.138. The minimum absolute atomic E-state index is 0.00916. The second-order valence-corrected chi connectivity index (χ2v) is 7.08. The van der Waals surface area contributed by atoms with E-state index in [0.717, 1.165) is 18.4 Å². The number of carbonyl (C=O) groups is 1. The van der Waals surface area contributed by atoms with Gasteiger partial charge in [-0.1, -0.05) is 6.07 Å². The Labute approximate surface area is 170 Å². The maximum absolute atomic E-state index is 13.1. The Kier molecular flexibility index (Phi) is 5.38. The van der Waals surface area contributed by atoms with Gasteiger partial charge >= 0.3 is 0 Å². The van der Waals surface area contributed by atoms with Crippen molar-refractivity contribution in [1.82, 2.24) is 4.90 Å². The number of carbonyl (C=O) groups excluding carboxylic acids is 1. The molecule has 1 saturated heterocycles. The summed E-state index contributed by atoms with van der Waals surface area (Å²) in [6, 6.07) is 11.1. The van der Waals surface area contributed by atoms with E-state index in [1.807, 2.05) is 23.1 Å². The van der Waals surface area contributed by atoms with E-state index >= 15 is 0 Å². The molecular formula is C22H25NO6. The van der Waals surface area contributed by atoms with Gasteiger partial charge in [0.15, 0.2) is 29.1 Å². The third-order valence-electron chi connectivity index (χ3n) is 5.33. The molecule has 2 heterocycles. The van der Waals surface area contributed by atoms with E-state index in [2.05, 4.69) is 0 Å². The van der Waals surface area contributed by atoms with Crippen molar-refractivity contribution in [3.05, 3.63) is 42.0 Å². The van der Waals surface area contributed by atoms with Crippen molar-refractivity contribution in [1.29, 1.82) is 0 Å². The molecule has 7 heteroatoms. The highest BCUT2D eigenvalue weighted by molar-refractivity contribution is 5.81. The number of rotatable bonds is 6. The van der Waals surface area contributed by atoms with Crippen LogP contribution in [-0.4, -0.2) is 44.5 Å². The number of fused-ring (bicyclic) bond motifs is 1. The molecular weight excluding hydrogens is 374 g/mol. The van der Waals surface area contributed by atoms with Crippen molar-refractivity contribution in [3.63, 3.8) is 0 Å². The van der Waals surface area contributed by atoms with Gasteiger partial charge in [-0.3, -0.25) is 4.79 Å². The third-order valence-corrected chi connectivity index (χ3v) is 5.33. The minimum Gasteiger partial charge on any atom is -0.493 e. The second-order valence-electron chi connectivity index (χ2n) is 7.08. The zero-order valence-corrected chi connectivity index (χ0v) is 16.8. The van der Waals surface area contributed by atoms with Crippen molar-refractivity contribution < 1.29 is 28.5 Å². The van der Waals surface area contributed by atoms with E-state index in [1.165, 1.54) is 0 Å². The van der Waals surface area contributed by atoms with Crippen LogP contribution in [0.4, 0.5) is 0 Å². The molecule has 154 valence electrons. The number of ether oxygens (including phenoxy) is 5. The summed E-state index contributed by atoms with van der Waals surface area (Å²) < 4.78 is 27.3. The van der Waals surface area contributed by atoms with E-state index in [-0.39, 0.29) is 18.7 Å². The summed E-state index contributed by atoms with van der Waals surface area (Å²) in [4.78, 5) is 15.0. The average Bonchev–Trinajstić information content (AvgIpc) is 3.41. The summed E-state index contributed by atoms with van der Waals surface area (Å²) in [6.07, 6.45) is 1.23. The molecule has 0 spiro atoms. The summed E-state index contributed by atoms with van der Waals surface area (Å²) in [5.41, 5.74) is 1.03. The molecule has 2 aliphatic heterocycles. The van der Waals surface area contributed by atoms with Crippen LogP contribution in [0.1, 0.15) is 31.4 Å². The molecule has 0 saturated carbocycles. The molecule has 7 nitrogen and oxygen atoms in total. The first-order valence-electron chi connectivity index (χ1n) is 9.69. The molecule has 4 rings (SSSR count). The Morgan fingerprint density at radius 2 is 1.86 bits per heavy atom. The topological polar surface area (TPSA) is 66.5 Å². The van der Waals surface area contributed by atoms with Crippen LogP contribution in [0, 0.1) is 0 Å². The summed E-state index contributed by atoms with van der Waals surface area (Å²) in [5, 5.41) is 0. The number of hydrogen-bond donors (Lipinski definition) is 0. The summed E-state index contributed by atoms with van der Waals surface area (Å²) in [6.45, 7) is 2.68. The number of nitrogens with zero attached hydrogens (tertiary/aromatic N) is 1. The smallest absolute Gasteiger partial charge is 0.263 e. The minimum atomic E-state index is -0.615. The molecule has 0 N–H and O–H groups in total. The van der Waals surface area contributed by atoms with E-state index in [0.29, 0.717) is 35.3 Å². The largest absolute Gasteiger partial charge is 0.493 e. The van der Waals surface area contributed by atoms with Crippen LogP contribution in [-0.2, 0) is 4.79 Å². The highest BCUT2D eigenvalue weighted by Gasteiger charge is 2.34. The average molecular weight is 399 g/mol. The van der Waals surface area contributed by atoms with E-state index < -0.39 is 6.10 Å². The predicted molar refractivity (Wildman–Crippen MR) is 106 cm³/mol. The van der Waals surface area contributed by atoms with Gasteiger partial charge in [0.25, 0.3) is 5.91 Å². The lowest BCUT2D eigenvalue weighted by atomic mass is 10.0.